The minimum absolute atomic E-state index is 0.538. The van der Waals surface area contributed by atoms with Crippen LogP contribution in [0.15, 0.2) is 36.4 Å². The van der Waals surface area contributed by atoms with Crippen LogP contribution in [0.1, 0.15) is 4.88 Å². The zero-order valence-corrected chi connectivity index (χ0v) is 15.6. The minimum atomic E-state index is 0.538. The third-order valence-corrected chi connectivity index (χ3v) is 4.99. The van der Waals surface area contributed by atoms with Gasteiger partial charge in [0.2, 0.25) is 4.77 Å². The van der Waals surface area contributed by atoms with Gasteiger partial charge in [0, 0.05) is 11.4 Å². The maximum atomic E-state index is 5.97. The smallest absolute Gasteiger partial charge is 0.221 e. The van der Waals surface area contributed by atoms with E-state index in [4.69, 9.17) is 28.6 Å². The van der Waals surface area contributed by atoms with Crippen molar-refractivity contribution in [1.29, 1.82) is 0 Å². The monoisotopic (exact) mass is 381 g/mol. The fourth-order valence-corrected chi connectivity index (χ4v) is 3.63. The number of halogens is 1. The van der Waals surface area contributed by atoms with E-state index >= 15 is 0 Å². The molecule has 0 atom stereocenters. The molecule has 1 aromatic carbocycles. The van der Waals surface area contributed by atoms with Gasteiger partial charge in [-0.05, 0) is 66.1 Å². The molecule has 0 radical (unpaired) electrons. The Labute approximate surface area is 153 Å². The van der Waals surface area contributed by atoms with Crippen molar-refractivity contribution in [3.8, 4) is 11.4 Å². The number of ether oxygens (including phenoxy) is 1. The van der Waals surface area contributed by atoms with Crippen LogP contribution in [0.5, 0.6) is 5.75 Å². The lowest BCUT2D eigenvalue weighted by molar-refractivity contribution is 0.244. The minimum Gasteiger partial charge on any atom is -0.497 e. The predicted molar refractivity (Wildman–Crippen MR) is 97.5 cm³/mol. The van der Waals surface area contributed by atoms with Crippen molar-refractivity contribution in [3.63, 3.8) is 0 Å². The Morgan fingerprint density at radius 3 is 2.58 bits per heavy atom. The van der Waals surface area contributed by atoms with Crippen LogP contribution in [0.4, 0.5) is 0 Å². The molecule has 126 valence electrons. The second kappa shape index (κ2) is 7.43. The molecular weight excluding hydrogens is 366 g/mol. The van der Waals surface area contributed by atoms with E-state index in [2.05, 4.69) is 15.3 Å². The molecule has 0 N–H and O–H groups in total. The van der Waals surface area contributed by atoms with Crippen LogP contribution in [0.2, 0.25) is 4.34 Å². The average molecular weight is 382 g/mol. The second-order valence-electron chi connectivity index (χ2n) is 5.23. The molecule has 0 spiro atoms. The van der Waals surface area contributed by atoms with Crippen LogP contribution < -0.4 is 4.74 Å². The first-order chi connectivity index (χ1) is 11.6. The van der Waals surface area contributed by atoms with Crippen LogP contribution in [0.3, 0.4) is 0 Å². The van der Waals surface area contributed by atoms with Crippen molar-refractivity contribution >= 4 is 35.2 Å². The molecule has 6 nitrogen and oxygen atoms in total. The van der Waals surface area contributed by atoms with Gasteiger partial charge in [-0.3, -0.25) is 4.90 Å². The van der Waals surface area contributed by atoms with E-state index in [-0.39, 0.29) is 0 Å². The third kappa shape index (κ3) is 3.84. The lowest BCUT2D eigenvalue weighted by Gasteiger charge is -2.14. The summed E-state index contributed by atoms with van der Waals surface area (Å²) in [6.07, 6.45) is 0. The Kier molecular flexibility index (Phi) is 5.30. The molecule has 0 amide bonds. The number of methoxy groups -OCH3 is 1. The lowest BCUT2D eigenvalue weighted by Crippen LogP contribution is -2.22. The normalized spacial score (nSPS) is 11.2. The van der Waals surface area contributed by atoms with E-state index in [1.807, 2.05) is 43.4 Å². The summed E-state index contributed by atoms with van der Waals surface area (Å²) >= 11 is 13.0. The fourth-order valence-electron chi connectivity index (χ4n) is 2.23. The summed E-state index contributed by atoms with van der Waals surface area (Å²) in [6.45, 7) is 1.32. The van der Waals surface area contributed by atoms with Gasteiger partial charge < -0.3 is 4.74 Å². The van der Waals surface area contributed by atoms with E-state index < -0.39 is 0 Å². The topological polar surface area (TPSA) is 48.1 Å². The van der Waals surface area contributed by atoms with Crippen molar-refractivity contribution in [2.75, 3.05) is 14.2 Å². The predicted octanol–water partition coefficient (Wildman–Crippen LogP) is 3.61. The van der Waals surface area contributed by atoms with Crippen molar-refractivity contribution < 1.29 is 4.74 Å². The van der Waals surface area contributed by atoms with Crippen molar-refractivity contribution in [2.45, 2.75) is 13.2 Å². The summed E-state index contributed by atoms with van der Waals surface area (Å²) in [5, 5.41) is 8.30. The first-order valence-corrected chi connectivity index (χ1v) is 8.77. The molecule has 0 aliphatic heterocycles. The number of hydrogen-bond acceptors (Lipinski definition) is 6. The van der Waals surface area contributed by atoms with Crippen molar-refractivity contribution in [2.24, 2.45) is 0 Å². The lowest BCUT2D eigenvalue weighted by atomic mass is 10.3. The molecule has 2 heterocycles. The zero-order valence-electron chi connectivity index (χ0n) is 13.2. The van der Waals surface area contributed by atoms with Crippen molar-refractivity contribution in [3.05, 3.63) is 50.4 Å². The number of thiophene rings is 1. The van der Waals surface area contributed by atoms with Gasteiger partial charge in [0.25, 0.3) is 0 Å². The molecule has 3 rings (SSSR count). The number of rotatable bonds is 6. The highest BCUT2D eigenvalue weighted by Crippen LogP contribution is 2.22. The molecule has 0 aliphatic carbocycles. The highest BCUT2D eigenvalue weighted by Gasteiger charge is 2.09. The van der Waals surface area contributed by atoms with Gasteiger partial charge >= 0.3 is 0 Å². The van der Waals surface area contributed by atoms with E-state index in [0.29, 0.717) is 11.4 Å². The summed E-state index contributed by atoms with van der Waals surface area (Å²) in [5.41, 5.74) is 0.847. The summed E-state index contributed by atoms with van der Waals surface area (Å²) in [4.78, 5) is 3.29. The Morgan fingerprint density at radius 1 is 1.21 bits per heavy atom. The van der Waals surface area contributed by atoms with Gasteiger partial charge in [-0.2, -0.15) is 4.68 Å². The molecule has 0 saturated heterocycles. The van der Waals surface area contributed by atoms with E-state index in [0.717, 1.165) is 22.3 Å². The average Bonchev–Trinajstić information content (AvgIpc) is 3.14. The van der Waals surface area contributed by atoms with E-state index in [9.17, 15) is 0 Å². The second-order valence-corrected chi connectivity index (χ2v) is 7.40. The maximum Gasteiger partial charge on any atom is 0.221 e. The molecule has 2 aromatic heterocycles. The Morgan fingerprint density at radius 2 is 1.96 bits per heavy atom. The van der Waals surface area contributed by atoms with Gasteiger partial charge in [0.15, 0.2) is 0 Å². The van der Waals surface area contributed by atoms with Crippen LogP contribution in [0, 0.1) is 4.77 Å². The number of aromatic nitrogens is 4. The van der Waals surface area contributed by atoms with Crippen LogP contribution in [0.25, 0.3) is 5.69 Å². The Hall–Kier alpha value is -1.74. The van der Waals surface area contributed by atoms with Crippen LogP contribution in [-0.2, 0) is 13.2 Å². The highest BCUT2D eigenvalue weighted by molar-refractivity contribution is 7.71. The van der Waals surface area contributed by atoms with Crippen LogP contribution >= 0.6 is 35.2 Å². The molecule has 0 aliphatic rings. The van der Waals surface area contributed by atoms with Gasteiger partial charge in [-0.1, -0.05) is 11.6 Å². The van der Waals surface area contributed by atoms with Gasteiger partial charge in [-0.15, -0.1) is 11.3 Å². The Bertz CT molecular complexity index is 871. The molecule has 0 saturated carbocycles. The highest BCUT2D eigenvalue weighted by atomic mass is 35.5. The molecule has 24 heavy (non-hydrogen) atoms. The van der Waals surface area contributed by atoms with E-state index in [1.165, 1.54) is 4.88 Å². The first kappa shape index (κ1) is 17.1. The van der Waals surface area contributed by atoms with Gasteiger partial charge in [0.05, 0.1) is 23.8 Å². The number of hydrogen-bond donors (Lipinski definition) is 0. The van der Waals surface area contributed by atoms with Crippen LogP contribution in [-0.4, -0.2) is 38.8 Å². The summed E-state index contributed by atoms with van der Waals surface area (Å²) in [5.74, 6) is 0.784. The molecule has 0 bridgehead atoms. The molecule has 9 heteroatoms. The maximum absolute atomic E-state index is 5.97. The van der Waals surface area contributed by atoms with Gasteiger partial charge in [0.1, 0.15) is 5.75 Å². The quantitative estimate of drug-likeness (QED) is 0.610. The number of nitrogens with zero attached hydrogens (tertiary/aromatic N) is 5. The first-order valence-electron chi connectivity index (χ1n) is 7.17. The molecule has 0 unspecified atom stereocenters. The summed E-state index contributed by atoms with van der Waals surface area (Å²) in [6, 6.07) is 11.4. The summed E-state index contributed by atoms with van der Waals surface area (Å²) in [7, 11) is 3.63. The van der Waals surface area contributed by atoms with Crippen molar-refractivity contribution in [1.82, 2.24) is 24.7 Å². The number of tetrazole rings is 1. The fraction of sp³-hybridized carbons (Fsp3) is 0.267. The third-order valence-electron chi connectivity index (χ3n) is 3.39. The molecular formula is C15H16ClN5OS2. The standard InChI is InChI=1S/C15H16ClN5OS2/c1-19(9-13-7-8-14(16)24-13)10-20-15(23)21(18-17-20)11-3-5-12(22-2)6-4-11/h3-8H,9-10H2,1-2H3. The zero-order chi connectivity index (χ0) is 17.1. The van der Waals surface area contributed by atoms with E-state index in [1.54, 1.807) is 27.8 Å². The van der Waals surface area contributed by atoms with Gasteiger partial charge in [-0.25, -0.2) is 4.68 Å². The Balaban J connectivity index is 1.73. The largest absolute Gasteiger partial charge is 0.497 e. The number of benzene rings is 1. The molecule has 3 aromatic rings. The SMILES string of the molecule is COc1ccc(-n2nnn(CN(C)Cc3ccc(Cl)s3)c2=S)cc1. The summed E-state index contributed by atoms with van der Waals surface area (Å²) < 4.78 is 9.81. The molecule has 0 fully saturated rings.